The molecule has 2 aromatic carbocycles. The number of esters is 2. The van der Waals surface area contributed by atoms with Crippen molar-refractivity contribution in [3.63, 3.8) is 0 Å². The fourth-order valence-electron chi connectivity index (χ4n) is 2.74. The smallest absolute Gasteiger partial charge is 0.357 e. The van der Waals surface area contributed by atoms with Gasteiger partial charge in [0, 0.05) is 0 Å². The summed E-state index contributed by atoms with van der Waals surface area (Å²) in [6.07, 6.45) is 0. The van der Waals surface area contributed by atoms with Crippen molar-refractivity contribution in [2.24, 2.45) is 0 Å². The molecule has 11 heteroatoms. The fourth-order valence-corrected chi connectivity index (χ4v) is 2.74. The number of carbonyl (C=O) groups is 2. The molecule has 0 bridgehead atoms. The van der Waals surface area contributed by atoms with E-state index in [0.29, 0.717) is 0 Å². The first-order chi connectivity index (χ1) is 14.2. The second-order valence-electron chi connectivity index (χ2n) is 5.75. The van der Waals surface area contributed by atoms with E-state index in [4.69, 9.17) is 0 Å². The molecular formula is C19H11F5N2O4. The Morgan fingerprint density at radius 1 is 0.800 bits per heavy atom. The van der Waals surface area contributed by atoms with Gasteiger partial charge in [-0.15, -0.1) is 0 Å². The van der Waals surface area contributed by atoms with Gasteiger partial charge in [0.15, 0.2) is 29.0 Å². The maximum Gasteiger partial charge on any atom is 0.357 e. The van der Waals surface area contributed by atoms with E-state index in [2.05, 4.69) is 14.6 Å². The molecule has 0 N–H and O–H groups in total. The average Bonchev–Trinajstić information content (AvgIpc) is 3.16. The summed E-state index contributed by atoms with van der Waals surface area (Å²) in [6.45, 7) is 0. The highest BCUT2D eigenvalue weighted by Gasteiger charge is 2.36. The summed E-state index contributed by atoms with van der Waals surface area (Å²) in [5.41, 5.74) is -3.81. The van der Waals surface area contributed by atoms with E-state index >= 15 is 0 Å². The van der Waals surface area contributed by atoms with Crippen molar-refractivity contribution in [2.45, 2.75) is 0 Å². The molecular weight excluding hydrogens is 415 g/mol. The van der Waals surface area contributed by atoms with E-state index in [1.165, 1.54) is 24.3 Å². The first-order valence-electron chi connectivity index (χ1n) is 8.11. The number of methoxy groups -OCH3 is 2. The summed E-state index contributed by atoms with van der Waals surface area (Å²) in [5.74, 6) is -13.8. The summed E-state index contributed by atoms with van der Waals surface area (Å²) in [5, 5.41) is 3.80. The molecule has 30 heavy (non-hydrogen) atoms. The second-order valence-corrected chi connectivity index (χ2v) is 5.75. The van der Waals surface area contributed by atoms with Gasteiger partial charge in [0.05, 0.1) is 25.5 Å². The van der Waals surface area contributed by atoms with Gasteiger partial charge < -0.3 is 9.47 Å². The minimum absolute atomic E-state index is 0.137. The first kappa shape index (κ1) is 21.0. The zero-order valence-corrected chi connectivity index (χ0v) is 15.3. The Morgan fingerprint density at radius 3 is 1.80 bits per heavy atom. The van der Waals surface area contributed by atoms with Gasteiger partial charge in [0.25, 0.3) is 0 Å². The number of hydrogen-bond acceptors (Lipinski definition) is 5. The third-order valence-electron chi connectivity index (χ3n) is 4.10. The van der Waals surface area contributed by atoms with E-state index in [0.717, 1.165) is 18.9 Å². The second kappa shape index (κ2) is 7.93. The van der Waals surface area contributed by atoms with E-state index in [1.54, 1.807) is 6.07 Å². The predicted octanol–water partition coefficient (Wildman–Crippen LogP) is 3.81. The number of carbonyl (C=O) groups excluding carboxylic acids is 2. The average molecular weight is 426 g/mol. The molecule has 0 spiro atoms. The number of rotatable bonds is 4. The molecule has 6 nitrogen and oxygen atoms in total. The Kier molecular flexibility index (Phi) is 5.54. The topological polar surface area (TPSA) is 70.4 Å². The standard InChI is InChI=1S/C19H11F5N2O4/c1-29-18(27)10-16(9-11(20)13(22)15(24)14(23)12(9)21)25-26(17(10)19(28)30-2)8-6-4-3-5-7-8/h3-7H,1-2H3. The molecule has 3 aromatic rings. The number of benzene rings is 2. The van der Waals surface area contributed by atoms with Crippen molar-refractivity contribution in [3.8, 4) is 16.9 Å². The lowest BCUT2D eigenvalue weighted by Gasteiger charge is -2.08. The third-order valence-corrected chi connectivity index (χ3v) is 4.10. The van der Waals surface area contributed by atoms with E-state index in [1.807, 2.05) is 0 Å². The summed E-state index contributed by atoms with van der Waals surface area (Å²) in [4.78, 5) is 24.7. The lowest BCUT2D eigenvalue weighted by molar-refractivity contribution is 0.0549. The summed E-state index contributed by atoms with van der Waals surface area (Å²) >= 11 is 0. The Bertz CT molecular complexity index is 1130. The molecule has 0 aliphatic carbocycles. The van der Waals surface area contributed by atoms with Crippen LogP contribution in [-0.4, -0.2) is 35.9 Å². The number of halogens is 5. The molecule has 3 rings (SSSR count). The molecule has 156 valence electrons. The van der Waals surface area contributed by atoms with Gasteiger partial charge in [-0.3, -0.25) is 0 Å². The van der Waals surface area contributed by atoms with Crippen LogP contribution in [0.25, 0.3) is 16.9 Å². The SMILES string of the molecule is COC(=O)c1c(-c2c(F)c(F)c(F)c(F)c2F)nn(-c2ccccc2)c1C(=O)OC. The largest absolute Gasteiger partial charge is 0.465 e. The van der Waals surface area contributed by atoms with Crippen LogP contribution in [0.3, 0.4) is 0 Å². The molecule has 0 atom stereocenters. The van der Waals surface area contributed by atoms with Gasteiger partial charge >= 0.3 is 11.9 Å². The lowest BCUT2D eigenvalue weighted by atomic mass is 10.0. The minimum atomic E-state index is -2.39. The molecule has 0 aliphatic heterocycles. The van der Waals surface area contributed by atoms with Crippen molar-refractivity contribution in [1.82, 2.24) is 9.78 Å². The molecule has 0 radical (unpaired) electrons. The summed E-state index contributed by atoms with van der Waals surface area (Å²) in [6, 6.07) is 7.49. The van der Waals surface area contributed by atoms with Gasteiger partial charge in [-0.25, -0.2) is 36.2 Å². The van der Waals surface area contributed by atoms with Crippen LogP contribution in [0.4, 0.5) is 22.0 Å². The Balaban J connectivity index is 2.50. The maximum absolute atomic E-state index is 14.4. The molecule has 0 saturated carbocycles. The van der Waals surface area contributed by atoms with Crippen molar-refractivity contribution < 1.29 is 41.0 Å². The van der Waals surface area contributed by atoms with Crippen LogP contribution in [0.5, 0.6) is 0 Å². The highest BCUT2D eigenvalue weighted by atomic mass is 19.2. The van der Waals surface area contributed by atoms with Gasteiger partial charge in [-0.2, -0.15) is 5.10 Å². The normalized spacial score (nSPS) is 10.8. The van der Waals surface area contributed by atoms with Gasteiger partial charge in [-0.05, 0) is 12.1 Å². The van der Waals surface area contributed by atoms with Crippen LogP contribution in [0, 0.1) is 29.1 Å². The molecule has 0 amide bonds. The predicted molar refractivity (Wildman–Crippen MR) is 91.5 cm³/mol. The van der Waals surface area contributed by atoms with Crippen LogP contribution in [-0.2, 0) is 9.47 Å². The van der Waals surface area contributed by atoms with Crippen LogP contribution in [0.1, 0.15) is 20.8 Å². The van der Waals surface area contributed by atoms with Crippen LogP contribution in [0.2, 0.25) is 0 Å². The zero-order valence-electron chi connectivity index (χ0n) is 15.3. The lowest BCUT2D eigenvalue weighted by Crippen LogP contribution is -2.15. The highest BCUT2D eigenvalue weighted by molar-refractivity contribution is 6.06. The van der Waals surface area contributed by atoms with E-state index in [9.17, 15) is 31.5 Å². The van der Waals surface area contributed by atoms with Crippen LogP contribution in [0.15, 0.2) is 30.3 Å². The number of aromatic nitrogens is 2. The van der Waals surface area contributed by atoms with Crippen molar-refractivity contribution in [2.75, 3.05) is 14.2 Å². The Labute approximate surface area is 165 Å². The monoisotopic (exact) mass is 426 g/mol. The van der Waals surface area contributed by atoms with Gasteiger partial charge in [0.2, 0.25) is 5.82 Å². The highest BCUT2D eigenvalue weighted by Crippen LogP contribution is 2.35. The zero-order chi connectivity index (χ0) is 22.2. The van der Waals surface area contributed by atoms with Crippen molar-refractivity contribution >= 4 is 11.9 Å². The quantitative estimate of drug-likeness (QED) is 0.275. The van der Waals surface area contributed by atoms with Gasteiger partial charge in [0.1, 0.15) is 11.3 Å². The molecule has 0 fully saturated rings. The van der Waals surface area contributed by atoms with E-state index < -0.39 is 63.5 Å². The number of ether oxygens (including phenoxy) is 2. The third kappa shape index (κ3) is 3.17. The Hall–Kier alpha value is -3.76. The molecule has 0 aliphatic rings. The number of para-hydroxylation sites is 1. The maximum atomic E-state index is 14.4. The van der Waals surface area contributed by atoms with Crippen molar-refractivity contribution in [3.05, 3.63) is 70.7 Å². The van der Waals surface area contributed by atoms with Crippen LogP contribution < -0.4 is 0 Å². The molecule has 0 saturated heterocycles. The molecule has 1 aromatic heterocycles. The minimum Gasteiger partial charge on any atom is -0.465 e. The molecule has 0 unspecified atom stereocenters. The van der Waals surface area contributed by atoms with E-state index in [-0.39, 0.29) is 5.69 Å². The summed E-state index contributed by atoms with van der Waals surface area (Å²) in [7, 11) is 1.86. The van der Waals surface area contributed by atoms with Crippen molar-refractivity contribution in [1.29, 1.82) is 0 Å². The first-order valence-corrected chi connectivity index (χ1v) is 8.11. The van der Waals surface area contributed by atoms with Crippen LogP contribution >= 0.6 is 0 Å². The number of hydrogen-bond donors (Lipinski definition) is 0. The fraction of sp³-hybridized carbons (Fsp3) is 0.105. The van der Waals surface area contributed by atoms with Gasteiger partial charge in [-0.1, -0.05) is 18.2 Å². The summed E-state index contributed by atoms with van der Waals surface area (Å²) < 4.78 is 79.7. The molecule has 1 heterocycles. The number of nitrogens with zero attached hydrogens (tertiary/aromatic N) is 2. The Morgan fingerprint density at radius 2 is 1.30 bits per heavy atom.